The molecule has 0 unspecified atom stereocenters. The molecule has 0 radical (unpaired) electrons. The van der Waals surface area contributed by atoms with Gasteiger partial charge in [-0.25, -0.2) is 9.69 Å². The van der Waals surface area contributed by atoms with Crippen LogP contribution in [0.15, 0.2) is 70.7 Å². The number of nitrogens with zero attached hydrogens (tertiary/aromatic N) is 1. The maximum atomic E-state index is 13.2. The second kappa shape index (κ2) is 10.3. The molecule has 178 valence electrons. The second-order valence-corrected chi connectivity index (χ2v) is 9.04. The Labute approximate surface area is 215 Å². The number of halogens is 2. The number of amides is 4. The number of hydrogen-bond donors (Lipinski definition) is 1. The number of anilines is 1. The van der Waals surface area contributed by atoms with Crippen LogP contribution >= 0.6 is 27.5 Å². The van der Waals surface area contributed by atoms with E-state index in [0.717, 1.165) is 16.0 Å². The molecule has 3 aromatic rings. The first-order valence-corrected chi connectivity index (χ1v) is 11.7. The lowest BCUT2D eigenvalue weighted by molar-refractivity contribution is -0.122. The molecule has 9 heteroatoms. The van der Waals surface area contributed by atoms with Crippen LogP contribution in [0.3, 0.4) is 0 Å². The smallest absolute Gasteiger partial charge is 0.335 e. The van der Waals surface area contributed by atoms with Crippen LogP contribution in [-0.2, 0) is 16.2 Å². The maximum absolute atomic E-state index is 13.2. The molecular formula is C26H20BrClN2O5. The number of methoxy groups -OCH3 is 1. The van der Waals surface area contributed by atoms with E-state index < -0.39 is 17.8 Å². The zero-order valence-corrected chi connectivity index (χ0v) is 21.1. The summed E-state index contributed by atoms with van der Waals surface area (Å²) in [4.78, 5) is 39.1. The average molecular weight is 556 g/mol. The summed E-state index contributed by atoms with van der Waals surface area (Å²) < 4.78 is 12.0. The van der Waals surface area contributed by atoms with Gasteiger partial charge in [-0.1, -0.05) is 35.9 Å². The number of carbonyl (C=O) groups is 3. The van der Waals surface area contributed by atoms with Crippen molar-refractivity contribution in [2.24, 2.45) is 0 Å². The summed E-state index contributed by atoms with van der Waals surface area (Å²) in [5, 5.41) is 2.83. The molecule has 0 bridgehead atoms. The molecule has 0 aromatic heterocycles. The Kier molecular flexibility index (Phi) is 7.23. The molecule has 1 fully saturated rings. The van der Waals surface area contributed by atoms with Crippen LogP contribution in [0.4, 0.5) is 10.5 Å². The van der Waals surface area contributed by atoms with Gasteiger partial charge in [-0.3, -0.25) is 14.9 Å². The predicted octanol–water partition coefficient (Wildman–Crippen LogP) is 5.66. The summed E-state index contributed by atoms with van der Waals surface area (Å²) in [6, 6.07) is 16.7. The van der Waals surface area contributed by atoms with E-state index in [1.165, 1.54) is 13.2 Å². The van der Waals surface area contributed by atoms with Crippen LogP contribution in [0.25, 0.3) is 6.08 Å². The van der Waals surface area contributed by atoms with Crippen LogP contribution in [0, 0.1) is 6.92 Å². The van der Waals surface area contributed by atoms with Crippen LogP contribution < -0.4 is 19.7 Å². The van der Waals surface area contributed by atoms with Gasteiger partial charge in [0.2, 0.25) is 0 Å². The zero-order valence-electron chi connectivity index (χ0n) is 18.8. The Morgan fingerprint density at radius 2 is 1.83 bits per heavy atom. The van der Waals surface area contributed by atoms with Gasteiger partial charge >= 0.3 is 6.03 Å². The molecule has 4 amide bonds. The highest BCUT2D eigenvalue weighted by Crippen LogP contribution is 2.38. The lowest BCUT2D eigenvalue weighted by Crippen LogP contribution is -2.54. The van der Waals surface area contributed by atoms with Gasteiger partial charge in [0.1, 0.15) is 12.2 Å². The van der Waals surface area contributed by atoms with Crippen molar-refractivity contribution >= 4 is 57.1 Å². The van der Waals surface area contributed by atoms with Crippen LogP contribution in [0.2, 0.25) is 5.02 Å². The van der Waals surface area contributed by atoms with Gasteiger partial charge in [0.25, 0.3) is 11.8 Å². The van der Waals surface area contributed by atoms with Crippen LogP contribution in [0.5, 0.6) is 11.5 Å². The first kappa shape index (κ1) is 24.5. The van der Waals surface area contributed by atoms with Gasteiger partial charge in [-0.05, 0) is 82.0 Å². The van der Waals surface area contributed by atoms with Gasteiger partial charge in [-0.2, -0.15) is 0 Å². The number of hydrogen-bond acceptors (Lipinski definition) is 5. The minimum absolute atomic E-state index is 0.187. The lowest BCUT2D eigenvalue weighted by Gasteiger charge is -2.26. The number of benzene rings is 3. The van der Waals surface area contributed by atoms with Crippen molar-refractivity contribution in [3.63, 3.8) is 0 Å². The van der Waals surface area contributed by atoms with E-state index in [1.54, 1.807) is 42.5 Å². The summed E-state index contributed by atoms with van der Waals surface area (Å²) in [6.45, 7) is 2.10. The standard InChI is InChI=1S/C26H20BrClN2O5/c1-15-5-3-8-19(9-15)30-25(32)20(24(31)29-26(30)33)11-17-12-21(27)23(22(13-17)34-2)35-14-16-6-4-7-18(28)10-16/h3-13H,14H2,1-2H3,(H,29,31,33)/b20-11+. The van der Waals surface area contributed by atoms with Crippen molar-refractivity contribution in [1.29, 1.82) is 0 Å². The summed E-state index contributed by atoms with van der Waals surface area (Å²) in [5.74, 6) is -0.657. The molecule has 0 aliphatic carbocycles. The highest BCUT2D eigenvalue weighted by molar-refractivity contribution is 9.10. The topological polar surface area (TPSA) is 84.9 Å². The number of aryl methyl sites for hydroxylation is 1. The number of urea groups is 1. The molecule has 4 rings (SSSR count). The summed E-state index contributed by atoms with van der Waals surface area (Å²) in [6.07, 6.45) is 1.40. The molecule has 35 heavy (non-hydrogen) atoms. The second-order valence-electron chi connectivity index (χ2n) is 7.75. The van der Waals surface area contributed by atoms with E-state index in [2.05, 4.69) is 21.2 Å². The monoisotopic (exact) mass is 554 g/mol. The first-order chi connectivity index (χ1) is 16.8. The molecule has 1 aliphatic rings. The van der Waals surface area contributed by atoms with Crippen LogP contribution in [-0.4, -0.2) is 25.0 Å². The average Bonchev–Trinajstić information content (AvgIpc) is 2.80. The maximum Gasteiger partial charge on any atom is 0.335 e. The van der Waals surface area contributed by atoms with E-state index in [0.29, 0.717) is 32.2 Å². The minimum Gasteiger partial charge on any atom is -0.493 e. The molecule has 1 N–H and O–H groups in total. The molecule has 3 aromatic carbocycles. The van der Waals surface area contributed by atoms with E-state index >= 15 is 0 Å². The Bertz CT molecular complexity index is 1370. The van der Waals surface area contributed by atoms with Gasteiger partial charge in [0, 0.05) is 5.02 Å². The number of ether oxygens (including phenoxy) is 2. The highest BCUT2D eigenvalue weighted by Gasteiger charge is 2.36. The molecule has 1 heterocycles. The number of imide groups is 2. The quantitative estimate of drug-likeness (QED) is 0.313. The van der Waals surface area contributed by atoms with Crippen molar-refractivity contribution in [2.45, 2.75) is 13.5 Å². The molecule has 0 spiro atoms. The Morgan fingerprint density at radius 1 is 1.06 bits per heavy atom. The predicted molar refractivity (Wildman–Crippen MR) is 137 cm³/mol. The van der Waals surface area contributed by atoms with Crippen molar-refractivity contribution in [1.82, 2.24) is 5.32 Å². The van der Waals surface area contributed by atoms with Gasteiger partial charge in [0.15, 0.2) is 11.5 Å². The molecule has 0 saturated carbocycles. The van der Waals surface area contributed by atoms with E-state index in [1.807, 2.05) is 25.1 Å². The van der Waals surface area contributed by atoms with Gasteiger partial charge < -0.3 is 9.47 Å². The van der Waals surface area contributed by atoms with Crippen molar-refractivity contribution in [3.8, 4) is 11.5 Å². The Morgan fingerprint density at radius 3 is 2.54 bits per heavy atom. The van der Waals surface area contributed by atoms with E-state index in [4.69, 9.17) is 21.1 Å². The van der Waals surface area contributed by atoms with Crippen molar-refractivity contribution in [3.05, 3.63) is 92.4 Å². The summed E-state index contributed by atoms with van der Waals surface area (Å²) >= 11 is 9.52. The van der Waals surface area contributed by atoms with Crippen molar-refractivity contribution < 1.29 is 23.9 Å². The Balaban J connectivity index is 1.64. The van der Waals surface area contributed by atoms with Gasteiger partial charge in [-0.15, -0.1) is 0 Å². The fraction of sp³-hybridized carbons (Fsp3) is 0.115. The summed E-state index contributed by atoms with van der Waals surface area (Å²) in [5.41, 5.74) is 2.43. The largest absolute Gasteiger partial charge is 0.493 e. The third-order valence-corrected chi connectivity index (χ3v) is 6.02. The number of barbiturate groups is 1. The first-order valence-electron chi connectivity index (χ1n) is 10.5. The minimum atomic E-state index is -0.800. The van der Waals surface area contributed by atoms with Gasteiger partial charge in [0.05, 0.1) is 17.3 Å². The number of carbonyl (C=O) groups excluding carboxylic acids is 3. The molecule has 7 nitrogen and oxygen atoms in total. The Hall–Kier alpha value is -3.62. The number of nitrogens with one attached hydrogen (secondary N) is 1. The SMILES string of the molecule is COc1cc(/C=C2\C(=O)NC(=O)N(c3cccc(C)c3)C2=O)cc(Br)c1OCc1cccc(Cl)c1. The van der Waals surface area contributed by atoms with Crippen molar-refractivity contribution in [2.75, 3.05) is 12.0 Å². The fourth-order valence-electron chi connectivity index (χ4n) is 3.57. The van der Waals surface area contributed by atoms with E-state index in [9.17, 15) is 14.4 Å². The number of rotatable bonds is 6. The lowest BCUT2D eigenvalue weighted by atomic mass is 10.1. The zero-order chi connectivity index (χ0) is 25.1. The molecule has 1 aliphatic heterocycles. The molecule has 0 atom stereocenters. The molecule has 1 saturated heterocycles. The van der Waals surface area contributed by atoms with E-state index in [-0.39, 0.29) is 12.2 Å². The summed E-state index contributed by atoms with van der Waals surface area (Å²) in [7, 11) is 1.49. The highest BCUT2D eigenvalue weighted by atomic mass is 79.9. The normalized spacial score (nSPS) is 14.8. The third kappa shape index (κ3) is 5.39. The van der Waals surface area contributed by atoms with Crippen LogP contribution in [0.1, 0.15) is 16.7 Å². The third-order valence-electron chi connectivity index (χ3n) is 5.20. The molecular weight excluding hydrogens is 536 g/mol. The fourth-order valence-corrected chi connectivity index (χ4v) is 4.36.